The van der Waals surface area contributed by atoms with Crippen molar-refractivity contribution in [2.75, 3.05) is 31.1 Å². The zero-order valence-corrected chi connectivity index (χ0v) is 14.3. The molecule has 0 spiro atoms. The van der Waals surface area contributed by atoms with Crippen LogP contribution in [0.3, 0.4) is 0 Å². The maximum absolute atomic E-state index is 12.6. The van der Waals surface area contributed by atoms with Crippen LogP contribution in [0.2, 0.25) is 0 Å². The van der Waals surface area contributed by atoms with Crippen LogP contribution in [0.5, 0.6) is 0 Å². The van der Waals surface area contributed by atoms with Gasteiger partial charge in [-0.15, -0.1) is 11.3 Å². The van der Waals surface area contributed by atoms with Crippen LogP contribution in [0.1, 0.15) is 22.5 Å². The molecule has 0 unspecified atom stereocenters. The number of thiophene rings is 1. The van der Waals surface area contributed by atoms with Gasteiger partial charge in [-0.25, -0.2) is 0 Å². The topological polar surface area (TPSA) is 45.7 Å². The normalized spacial score (nSPS) is 24.3. The van der Waals surface area contributed by atoms with Crippen molar-refractivity contribution in [2.24, 2.45) is 0 Å². The van der Waals surface area contributed by atoms with E-state index in [1.54, 1.807) is 6.20 Å². The highest BCUT2D eigenvalue weighted by atomic mass is 32.1. The van der Waals surface area contributed by atoms with Gasteiger partial charge in [0.2, 0.25) is 0 Å². The molecule has 0 radical (unpaired) electrons. The molecule has 126 valence electrons. The first-order chi connectivity index (χ1) is 11.8. The molecule has 1 amide bonds. The molecule has 0 saturated carbocycles. The van der Waals surface area contributed by atoms with E-state index in [9.17, 15) is 4.79 Å². The van der Waals surface area contributed by atoms with Crippen LogP contribution in [0.4, 0.5) is 5.69 Å². The summed E-state index contributed by atoms with van der Waals surface area (Å²) in [6.07, 6.45) is 5.72. The lowest BCUT2D eigenvalue weighted by Gasteiger charge is -2.41. The Morgan fingerprint density at radius 3 is 2.92 bits per heavy atom. The molecule has 2 aliphatic rings. The Balaban J connectivity index is 1.51. The van der Waals surface area contributed by atoms with Gasteiger partial charge in [-0.1, -0.05) is 6.07 Å². The lowest BCUT2D eigenvalue weighted by Crippen LogP contribution is -2.51. The standard InChI is InChI=1S/C18H21N3O2S/c22-18(17-4-2-12-24-17)20-8-5-15-16(6-9-20)23-11-10-21(15)14-3-1-7-19-13-14/h1-4,7,12-13,15-16H,5-6,8-11H2/t15-,16-/m0/s1. The van der Waals surface area contributed by atoms with E-state index in [1.165, 1.54) is 11.3 Å². The van der Waals surface area contributed by atoms with E-state index in [-0.39, 0.29) is 12.0 Å². The summed E-state index contributed by atoms with van der Waals surface area (Å²) in [4.78, 5) is 22.1. The summed E-state index contributed by atoms with van der Waals surface area (Å²) in [6, 6.07) is 8.23. The maximum Gasteiger partial charge on any atom is 0.263 e. The minimum Gasteiger partial charge on any atom is -0.374 e. The fourth-order valence-electron chi connectivity index (χ4n) is 3.68. The van der Waals surface area contributed by atoms with Gasteiger partial charge in [0, 0.05) is 25.8 Å². The molecule has 4 heterocycles. The Morgan fingerprint density at radius 2 is 2.12 bits per heavy atom. The third-order valence-corrected chi connectivity index (χ3v) is 5.73. The van der Waals surface area contributed by atoms with E-state index in [2.05, 4.69) is 16.0 Å². The zero-order chi connectivity index (χ0) is 16.4. The molecular weight excluding hydrogens is 322 g/mol. The molecular formula is C18H21N3O2S. The largest absolute Gasteiger partial charge is 0.374 e. The zero-order valence-electron chi connectivity index (χ0n) is 13.5. The van der Waals surface area contributed by atoms with E-state index in [0.29, 0.717) is 6.04 Å². The van der Waals surface area contributed by atoms with Gasteiger partial charge < -0.3 is 14.5 Å². The third kappa shape index (κ3) is 3.03. The van der Waals surface area contributed by atoms with Crippen LogP contribution in [-0.2, 0) is 4.74 Å². The molecule has 2 saturated heterocycles. The third-order valence-electron chi connectivity index (χ3n) is 4.87. The van der Waals surface area contributed by atoms with Crippen LogP contribution in [0, 0.1) is 0 Å². The van der Waals surface area contributed by atoms with Crippen molar-refractivity contribution in [2.45, 2.75) is 25.0 Å². The number of ether oxygens (including phenoxy) is 1. The predicted molar refractivity (Wildman–Crippen MR) is 94.6 cm³/mol. The molecule has 2 aromatic heterocycles. The molecule has 0 bridgehead atoms. The number of anilines is 1. The monoisotopic (exact) mass is 343 g/mol. The molecule has 2 fully saturated rings. The van der Waals surface area contributed by atoms with Gasteiger partial charge in [-0.3, -0.25) is 9.78 Å². The highest BCUT2D eigenvalue weighted by Gasteiger charge is 2.36. The summed E-state index contributed by atoms with van der Waals surface area (Å²) in [5.74, 6) is 0.150. The highest BCUT2D eigenvalue weighted by Crippen LogP contribution is 2.28. The lowest BCUT2D eigenvalue weighted by atomic mass is 10.0. The number of pyridine rings is 1. The molecule has 5 nitrogen and oxygen atoms in total. The van der Waals surface area contributed by atoms with Crippen molar-refractivity contribution in [1.82, 2.24) is 9.88 Å². The first-order valence-corrected chi connectivity index (χ1v) is 9.32. The SMILES string of the molecule is O=C(c1cccs1)N1CC[C@@H]2OCCN(c3cccnc3)[C@H]2CC1. The number of carbonyl (C=O) groups excluding carboxylic acids is 1. The second-order valence-electron chi connectivity index (χ2n) is 6.23. The molecule has 2 aliphatic heterocycles. The van der Waals surface area contributed by atoms with Crippen LogP contribution < -0.4 is 4.90 Å². The summed E-state index contributed by atoms with van der Waals surface area (Å²) >= 11 is 1.51. The van der Waals surface area contributed by atoms with Crippen LogP contribution in [0.25, 0.3) is 0 Å². The number of nitrogens with zero attached hydrogens (tertiary/aromatic N) is 3. The van der Waals surface area contributed by atoms with Crippen molar-refractivity contribution in [3.8, 4) is 0 Å². The van der Waals surface area contributed by atoms with Gasteiger partial charge in [-0.2, -0.15) is 0 Å². The second-order valence-corrected chi connectivity index (χ2v) is 7.18. The molecule has 6 heteroatoms. The maximum atomic E-state index is 12.6. The van der Waals surface area contributed by atoms with E-state index in [4.69, 9.17) is 4.74 Å². The van der Waals surface area contributed by atoms with Gasteiger partial charge in [0.25, 0.3) is 5.91 Å². The van der Waals surface area contributed by atoms with E-state index in [1.807, 2.05) is 34.7 Å². The van der Waals surface area contributed by atoms with E-state index in [0.717, 1.165) is 49.6 Å². The molecule has 2 aromatic rings. The molecule has 0 aromatic carbocycles. The fourth-order valence-corrected chi connectivity index (χ4v) is 4.37. The summed E-state index contributed by atoms with van der Waals surface area (Å²) in [5, 5.41) is 1.96. The minimum absolute atomic E-state index is 0.150. The summed E-state index contributed by atoms with van der Waals surface area (Å²) < 4.78 is 6.03. The number of hydrogen-bond acceptors (Lipinski definition) is 5. The van der Waals surface area contributed by atoms with Gasteiger partial charge in [0.1, 0.15) is 0 Å². The van der Waals surface area contributed by atoms with Crippen LogP contribution >= 0.6 is 11.3 Å². The van der Waals surface area contributed by atoms with Crippen molar-refractivity contribution in [3.63, 3.8) is 0 Å². The Kier molecular flexibility index (Phi) is 4.49. The Bertz CT molecular complexity index is 677. The molecule has 24 heavy (non-hydrogen) atoms. The number of carbonyl (C=O) groups is 1. The van der Waals surface area contributed by atoms with E-state index >= 15 is 0 Å². The average Bonchev–Trinajstić information content (AvgIpc) is 3.08. The Morgan fingerprint density at radius 1 is 1.21 bits per heavy atom. The number of amides is 1. The van der Waals surface area contributed by atoms with E-state index < -0.39 is 0 Å². The predicted octanol–water partition coefficient (Wildman–Crippen LogP) is 2.65. The Hall–Kier alpha value is -1.92. The van der Waals surface area contributed by atoms with Crippen molar-refractivity contribution in [3.05, 3.63) is 46.9 Å². The number of morpholine rings is 1. The first-order valence-electron chi connectivity index (χ1n) is 8.44. The summed E-state index contributed by atoms with van der Waals surface area (Å²) in [6.45, 7) is 3.15. The molecule has 2 atom stereocenters. The minimum atomic E-state index is 0.150. The quantitative estimate of drug-likeness (QED) is 0.841. The summed E-state index contributed by atoms with van der Waals surface area (Å²) in [7, 11) is 0. The van der Waals surface area contributed by atoms with Crippen LogP contribution in [0.15, 0.2) is 42.0 Å². The van der Waals surface area contributed by atoms with Crippen molar-refractivity contribution >= 4 is 22.9 Å². The lowest BCUT2D eigenvalue weighted by molar-refractivity contribution is 0.00908. The van der Waals surface area contributed by atoms with Gasteiger partial charge in [-0.05, 0) is 36.4 Å². The number of likely N-dealkylation sites (tertiary alicyclic amines) is 1. The Labute approximate surface area is 145 Å². The molecule has 0 aliphatic carbocycles. The average molecular weight is 343 g/mol. The van der Waals surface area contributed by atoms with Gasteiger partial charge in [0.05, 0.1) is 35.5 Å². The highest BCUT2D eigenvalue weighted by molar-refractivity contribution is 7.12. The fraction of sp³-hybridized carbons (Fsp3) is 0.444. The number of rotatable bonds is 2. The smallest absolute Gasteiger partial charge is 0.263 e. The molecule has 4 rings (SSSR count). The first kappa shape index (κ1) is 15.6. The van der Waals surface area contributed by atoms with Crippen molar-refractivity contribution in [1.29, 1.82) is 0 Å². The number of aromatic nitrogens is 1. The summed E-state index contributed by atoms with van der Waals surface area (Å²) in [5.41, 5.74) is 1.15. The van der Waals surface area contributed by atoms with Gasteiger partial charge in [0.15, 0.2) is 0 Å². The number of hydrogen-bond donors (Lipinski definition) is 0. The van der Waals surface area contributed by atoms with Crippen LogP contribution in [-0.4, -0.2) is 54.2 Å². The van der Waals surface area contributed by atoms with Crippen molar-refractivity contribution < 1.29 is 9.53 Å². The molecule has 0 N–H and O–H groups in total. The van der Waals surface area contributed by atoms with Gasteiger partial charge >= 0.3 is 0 Å². The number of fused-ring (bicyclic) bond motifs is 1. The second kappa shape index (κ2) is 6.91.